The topological polar surface area (TPSA) is 36.4 Å². The molecule has 0 atom stereocenters. The SMILES string of the molecule is Cc1ccsc1CCNC1=NCCCN1.I. The van der Waals surface area contributed by atoms with Gasteiger partial charge in [0.25, 0.3) is 0 Å². The normalized spacial score (nSPS) is 14.7. The van der Waals surface area contributed by atoms with Crippen molar-refractivity contribution in [3.05, 3.63) is 21.9 Å². The van der Waals surface area contributed by atoms with Crippen molar-refractivity contribution in [3.63, 3.8) is 0 Å². The van der Waals surface area contributed by atoms with E-state index in [1.807, 2.05) is 11.3 Å². The Labute approximate surface area is 118 Å². The van der Waals surface area contributed by atoms with Crippen LogP contribution in [0.25, 0.3) is 0 Å². The van der Waals surface area contributed by atoms with Crippen LogP contribution in [0.3, 0.4) is 0 Å². The van der Waals surface area contributed by atoms with E-state index >= 15 is 0 Å². The maximum atomic E-state index is 4.37. The summed E-state index contributed by atoms with van der Waals surface area (Å²) in [6.45, 7) is 5.13. The molecule has 0 aromatic carbocycles. The molecule has 3 nitrogen and oxygen atoms in total. The smallest absolute Gasteiger partial charge is 0.191 e. The van der Waals surface area contributed by atoms with E-state index in [9.17, 15) is 0 Å². The number of aryl methyl sites for hydroxylation is 1. The predicted molar refractivity (Wildman–Crippen MR) is 81.1 cm³/mol. The number of thiophene rings is 1. The molecule has 2 heterocycles. The van der Waals surface area contributed by atoms with E-state index in [4.69, 9.17) is 0 Å². The Morgan fingerprint density at radius 2 is 2.44 bits per heavy atom. The van der Waals surface area contributed by atoms with Crippen LogP contribution in [-0.2, 0) is 6.42 Å². The molecule has 1 aliphatic rings. The van der Waals surface area contributed by atoms with Crippen LogP contribution >= 0.6 is 35.3 Å². The van der Waals surface area contributed by atoms with Crippen molar-refractivity contribution in [2.24, 2.45) is 4.99 Å². The molecule has 16 heavy (non-hydrogen) atoms. The highest BCUT2D eigenvalue weighted by molar-refractivity contribution is 14.0. The van der Waals surface area contributed by atoms with Crippen LogP contribution in [0.5, 0.6) is 0 Å². The first-order valence-electron chi connectivity index (χ1n) is 5.41. The van der Waals surface area contributed by atoms with Crippen LogP contribution < -0.4 is 10.6 Å². The summed E-state index contributed by atoms with van der Waals surface area (Å²) >= 11 is 1.84. The monoisotopic (exact) mass is 351 g/mol. The molecule has 2 N–H and O–H groups in total. The van der Waals surface area contributed by atoms with Gasteiger partial charge in [-0.1, -0.05) is 0 Å². The van der Waals surface area contributed by atoms with Crippen LogP contribution in [0.4, 0.5) is 0 Å². The third kappa shape index (κ3) is 3.93. The van der Waals surface area contributed by atoms with Gasteiger partial charge in [-0.15, -0.1) is 35.3 Å². The van der Waals surface area contributed by atoms with Crippen molar-refractivity contribution in [3.8, 4) is 0 Å². The van der Waals surface area contributed by atoms with Crippen molar-refractivity contribution in [2.75, 3.05) is 19.6 Å². The third-order valence-electron chi connectivity index (χ3n) is 2.51. The molecule has 0 unspecified atom stereocenters. The Bertz CT molecular complexity index is 349. The van der Waals surface area contributed by atoms with Crippen LogP contribution in [-0.4, -0.2) is 25.6 Å². The first kappa shape index (κ1) is 13.8. The Morgan fingerprint density at radius 3 is 3.06 bits per heavy atom. The summed E-state index contributed by atoms with van der Waals surface area (Å²) in [5.74, 6) is 0.968. The minimum atomic E-state index is 0. The molecule has 5 heteroatoms. The number of guanidine groups is 1. The summed E-state index contributed by atoms with van der Waals surface area (Å²) in [5, 5.41) is 8.74. The third-order valence-corrected chi connectivity index (χ3v) is 3.59. The second-order valence-electron chi connectivity index (χ2n) is 3.71. The van der Waals surface area contributed by atoms with Crippen molar-refractivity contribution in [1.29, 1.82) is 0 Å². The average Bonchev–Trinajstić information content (AvgIpc) is 2.66. The van der Waals surface area contributed by atoms with Crippen LogP contribution in [0.15, 0.2) is 16.4 Å². The summed E-state index contributed by atoms with van der Waals surface area (Å²) in [6.07, 6.45) is 2.24. The van der Waals surface area contributed by atoms with Crippen molar-refractivity contribution in [2.45, 2.75) is 19.8 Å². The fraction of sp³-hybridized carbons (Fsp3) is 0.545. The molecule has 0 aliphatic carbocycles. The number of nitrogens with zero attached hydrogens (tertiary/aromatic N) is 1. The fourth-order valence-electron chi connectivity index (χ4n) is 1.61. The first-order chi connectivity index (χ1) is 7.36. The summed E-state index contributed by atoms with van der Waals surface area (Å²) in [4.78, 5) is 5.84. The molecule has 0 saturated heterocycles. The molecule has 90 valence electrons. The lowest BCUT2D eigenvalue weighted by Crippen LogP contribution is -2.41. The van der Waals surface area contributed by atoms with E-state index in [0.29, 0.717) is 0 Å². The van der Waals surface area contributed by atoms with E-state index in [2.05, 4.69) is 34.0 Å². The highest BCUT2D eigenvalue weighted by atomic mass is 127. The second kappa shape index (κ2) is 7.11. The Kier molecular flexibility index (Phi) is 6.12. The van der Waals surface area contributed by atoms with Gasteiger partial charge in [-0.25, -0.2) is 0 Å². The van der Waals surface area contributed by atoms with Gasteiger partial charge in [0.15, 0.2) is 5.96 Å². The Balaban J connectivity index is 0.00000128. The van der Waals surface area contributed by atoms with Gasteiger partial charge in [0.1, 0.15) is 0 Å². The zero-order valence-electron chi connectivity index (χ0n) is 9.45. The first-order valence-corrected chi connectivity index (χ1v) is 6.29. The maximum Gasteiger partial charge on any atom is 0.191 e. The predicted octanol–water partition coefficient (Wildman–Crippen LogP) is 2.16. The lowest BCUT2D eigenvalue weighted by atomic mass is 10.2. The van der Waals surface area contributed by atoms with E-state index in [1.165, 1.54) is 10.4 Å². The van der Waals surface area contributed by atoms with Gasteiger partial charge in [-0.3, -0.25) is 4.99 Å². The molecule has 0 radical (unpaired) electrons. The molecule has 2 rings (SSSR count). The van der Waals surface area contributed by atoms with Gasteiger partial charge in [0.05, 0.1) is 0 Å². The number of hydrogen-bond acceptors (Lipinski definition) is 4. The van der Waals surface area contributed by atoms with E-state index < -0.39 is 0 Å². The number of aliphatic imine (C=N–C) groups is 1. The van der Waals surface area contributed by atoms with Gasteiger partial charge in [0.2, 0.25) is 0 Å². The Morgan fingerprint density at radius 1 is 1.56 bits per heavy atom. The molecule has 0 bridgehead atoms. The highest BCUT2D eigenvalue weighted by Gasteiger charge is 2.03. The molecule has 1 aliphatic heterocycles. The largest absolute Gasteiger partial charge is 0.356 e. The van der Waals surface area contributed by atoms with Gasteiger partial charge < -0.3 is 10.6 Å². The summed E-state index contributed by atoms with van der Waals surface area (Å²) in [7, 11) is 0. The zero-order chi connectivity index (χ0) is 10.5. The van der Waals surface area contributed by atoms with E-state index in [1.54, 1.807) is 0 Å². The van der Waals surface area contributed by atoms with Crippen molar-refractivity contribution >= 4 is 41.3 Å². The second-order valence-corrected chi connectivity index (χ2v) is 4.71. The lowest BCUT2D eigenvalue weighted by Gasteiger charge is -2.15. The number of rotatable bonds is 3. The number of hydrogen-bond donors (Lipinski definition) is 2. The number of halogens is 1. The fourth-order valence-corrected chi connectivity index (χ4v) is 2.52. The molecule has 0 fully saturated rings. The number of nitrogens with one attached hydrogen (secondary N) is 2. The van der Waals surface area contributed by atoms with Gasteiger partial charge >= 0.3 is 0 Å². The lowest BCUT2D eigenvalue weighted by molar-refractivity contribution is 0.701. The standard InChI is InChI=1S/C11H17N3S.HI/c1-9-4-8-15-10(9)3-7-14-11-12-5-2-6-13-11;/h4,8H,2-3,5-7H2,1H3,(H2,12,13,14);1H. The quantitative estimate of drug-likeness (QED) is 0.819. The minimum Gasteiger partial charge on any atom is -0.356 e. The summed E-state index contributed by atoms with van der Waals surface area (Å²) in [6, 6.07) is 2.18. The maximum absolute atomic E-state index is 4.37. The Hall–Kier alpha value is -0.300. The molecule has 0 spiro atoms. The summed E-state index contributed by atoms with van der Waals surface area (Å²) in [5.41, 5.74) is 1.40. The van der Waals surface area contributed by atoms with Gasteiger partial charge in [0, 0.05) is 24.5 Å². The highest BCUT2D eigenvalue weighted by Crippen LogP contribution is 2.15. The van der Waals surface area contributed by atoms with Crippen LogP contribution in [0.2, 0.25) is 0 Å². The average molecular weight is 351 g/mol. The molecule has 1 aromatic heterocycles. The molecule has 0 amide bonds. The summed E-state index contributed by atoms with van der Waals surface area (Å²) < 4.78 is 0. The molecule has 0 saturated carbocycles. The van der Waals surface area contributed by atoms with Crippen molar-refractivity contribution in [1.82, 2.24) is 10.6 Å². The van der Waals surface area contributed by atoms with Gasteiger partial charge in [-0.05, 0) is 36.8 Å². The van der Waals surface area contributed by atoms with Crippen molar-refractivity contribution < 1.29 is 0 Å². The zero-order valence-corrected chi connectivity index (χ0v) is 12.6. The molecular formula is C11H18IN3S. The van der Waals surface area contributed by atoms with Gasteiger partial charge in [-0.2, -0.15) is 0 Å². The van der Waals surface area contributed by atoms with E-state index in [0.717, 1.165) is 38.4 Å². The molecular weight excluding hydrogens is 333 g/mol. The molecule has 1 aromatic rings. The van der Waals surface area contributed by atoms with E-state index in [-0.39, 0.29) is 24.0 Å². The minimum absolute atomic E-state index is 0. The van der Waals surface area contributed by atoms with Crippen LogP contribution in [0.1, 0.15) is 16.9 Å². The van der Waals surface area contributed by atoms with Crippen LogP contribution in [0, 0.1) is 6.92 Å².